The first kappa shape index (κ1) is 12.8. The van der Waals surface area contributed by atoms with Crippen molar-refractivity contribution in [2.75, 3.05) is 13.1 Å². The molecule has 0 aliphatic heterocycles. The number of amides is 2. The molecular formula is C11H20N2O3. The second-order valence-corrected chi connectivity index (χ2v) is 4.31. The smallest absolute Gasteiger partial charge is 0.314 e. The Bertz CT molecular complexity index is 252. The van der Waals surface area contributed by atoms with E-state index in [2.05, 4.69) is 10.6 Å². The van der Waals surface area contributed by atoms with Gasteiger partial charge in [-0.05, 0) is 18.8 Å². The SMILES string of the molecule is CCC(CNC(=O)NCCC1CC1)C(=O)O. The molecule has 5 heteroatoms. The molecule has 0 radical (unpaired) electrons. The average Bonchev–Trinajstić information content (AvgIpc) is 3.02. The minimum Gasteiger partial charge on any atom is -0.481 e. The van der Waals surface area contributed by atoms with E-state index in [0.29, 0.717) is 13.0 Å². The van der Waals surface area contributed by atoms with Gasteiger partial charge in [0.15, 0.2) is 0 Å². The quantitative estimate of drug-likeness (QED) is 0.612. The lowest BCUT2D eigenvalue weighted by Crippen LogP contribution is -2.40. The zero-order chi connectivity index (χ0) is 12.0. The fourth-order valence-corrected chi connectivity index (χ4v) is 1.48. The Morgan fingerprint density at radius 3 is 2.56 bits per heavy atom. The second kappa shape index (κ2) is 6.35. The van der Waals surface area contributed by atoms with Crippen molar-refractivity contribution < 1.29 is 14.7 Å². The summed E-state index contributed by atoms with van der Waals surface area (Å²) < 4.78 is 0. The van der Waals surface area contributed by atoms with Crippen LogP contribution in [0.25, 0.3) is 0 Å². The highest BCUT2D eigenvalue weighted by Gasteiger charge is 2.20. The first-order valence-electron chi connectivity index (χ1n) is 5.88. The van der Waals surface area contributed by atoms with Crippen molar-refractivity contribution in [3.05, 3.63) is 0 Å². The number of urea groups is 1. The zero-order valence-electron chi connectivity index (χ0n) is 9.66. The van der Waals surface area contributed by atoms with Gasteiger partial charge in [0.05, 0.1) is 5.92 Å². The highest BCUT2D eigenvalue weighted by atomic mass is 16.4. The molecule has 0 aromatic carbocycles. The van der Waals surface area contributed by atoms with Crippen molar-refractivity contribution in [2.45, 2.75) is 32.6 Å². The Morgan fingerprint density at radius 1 is 1.38 bits per heavy atom. The van der Waals surface area contributed by atoms with E-state index >= 15 is 0 Å². The van der Waals surface area contributed by atoms with E-state index in [9.17, 15) is 9.59 Å². The van der Waals surface area contributed by atoms with Crippen LogP contribution in [0.1, 0.15) is 32.6 Å². The summed E-state index contributed by atoms with van der Waals surface area (Å²) in [6.45, 7) is 2.67. The molecule has 0 heterocycles. The maximum Gasteiger partial charge on any atom is 0.314 e. The van der Waals surface area contributed by atoms with Crippen molar-refractivity contribution in [3.63, 3.8) is 0 Å². The van der Waals surface area contributed by atoms with Crippen molar-refractivity contribution in [1.82, 2.24) is 10.6 Å². The van der Waals surface area contributed by atoms with Gasteiger partial charge in [0.2, 0.25) is 0 Å². The Hall–Kier alpha value is -1.26. The Labute approximate surface area is 95.6 Å². The van der Waals surface area contributed by atoms with Crippen LogP contribution in [0.5, 0.6) is 0 Å². The van der Waals surface area contributed by atoms with E-state index in [1.54, 1.807) is 6.92 Å². The van der Waals surface area contributed by atoms with E-state index in [1.807, 2.05) is 0 Å². The molecule has 1 saturated carbocycles. The number of carbonyl (C=O) groups is 2. The van der Waals surface area contributed by atoms with E-state index in [-0.39, 0.29) is 12.6 Å². The lowest BCUT2D eigenvalue weighted by molar-refractivity contribution is -0.141. The van der Waals surface area contributed by atoms with Crippen LogP contribution in [-0.4, -0.2) is 30.2 Å². The number of rotatable bonds is 7. The number of hydrogen-bond donors (Lipinski definition) is 3. The lowest BCUT2D eigenvalue weighted by Gasteiger charge is -2.11. The molecule has 1 aliphatic carbocycles. The van der Waals surface area contributed by atoms with E-state index in [1.165, 1.54) is 12.8 Å². The summed E-state index contributed by atoms with van der Waals surface area (Å²) in [6.07, 6.45) is 4.11. The molecule has 3 N–H and O–H groups in total. The lowest BCUT2D eigenvalue weighted by atomic mass is 10.1. The molecule has 2 amide bonds. The van der Waals surface area contributed by atoms with Crippen molar-refractivity contribution in [3.8, 4) is 0 Å². The minimum atomic E-state index is -0.860. The number of aliphatic carboxylic acids is 1. The fraction of sp³-hybridized carbons (Fsp3) is 0.818. The van der Waals surface area contributed by atoms with Gasteiger partial charge in [-0.15, -0.1) is 0 Å². The predicted molar refractivity (Wildman–Crippen MR) is 60.2 cm³/mol. The largest absolute Gasteiger partial charge is 0.481 e. The van der Waals surface area contributed by atoms with Gasteiger partial charge in [-0.25, -0.2) is 4.79 Å². The van der Waals surface area contributed by atoms with Crippen LogP contribution in [0.2, 0.25) is 0 Å². The van der Waals surface area contributed by atoms with Crippen LogP contribution in [0.4, 0.5) is 4.79 Å². The van der Waals surface area contributed by atoms with Gasteiger partial charge >= 0.3 is 12.0 Å². The fourth-order valence-electron chi connectivity index (χ4n) is 1.48. The number of carboxylic acid groups (broad SMARTS) is 1. The summed E-state index contributed by atoms with van der Waals surface area (Å²) >= 11 is 0. The molecule has 16 heavy (non-hydrogen) atoms. The monoisotopic (exact) mass is 228 g/mol. The van der Waals surface area contributed by atoms with Gasteiger partial charge in [0.1, 0.15) is 0 Å². The summed E-state index contributed by atoms with van der Waals surface area (Å²) in [7, 11) is 0. The molecule has 0 aromatic rings. The van der Waals surface area contributed by atoms with E-state index < -0.39 is 11.9 Å². The highest BCUT2D eigenvalue weighted by Crippen LogP contribution is 2.31. The first-order chi connectivity index (χ1) is 7.63. The molecule has 0 bridgehead atoms. The van der Waals surface area contributed by atoms with Gasteiger partial charge in [-0.2, -0.15) is 0 Å². The third-order valence-electron chi connectivity index (χ3n) is 2.89. The van der Waals surface area contributed by atoms with Crippen LogP contribution in [-0.2, 0) is 4.79 Å². The van der Waals surface area contributed by atoms with Crippen LogP contribution in [0.15, 0.2) is 0 Å². The molecule has 1 unspecified atom stereocenters. The maximum atomic E-state index is 11.3. The number of nitrogens with one attached hydrogen (secondary N) is 2. The summed E-state index contributed by atoms with van der Waals surface area (Å²) in [6, 6.07) is -0.264. The van der Waals surface area contributed by atoms with Gasteiger partial charge in [-0.1, -0.05) is 19.8 Å². The molecular weight excluding hydrogens is 208 g/mol. The third-order valence-corrected chi connectivity index (χ3v) is 2.89. The van der Waals surface area contributed by atoms with Gasteiger partial charge in [0.25, 0.3) is 0 Å². The second-order valence-electron chi connectivity index (χ2n) is 4.31. The van der Waals surface area contributed by atoms with Crippen molar-refractivity contribution in [1.29, 1.82) is 0 Å². The molecule has 1 rings (SSSR count). The molecule has 1 atom stereocenters. The third kappa shape index (κ3) is 5.00. The molecule has 0 aromatic heterocycles. The maximum absolute atomic E-state index is 11.3. The van der Waals surface area contributed by atoms with Crippen molar-refractivity contribution >= 4 is 12.0 Å². The Balaban J connectivity index is 2.05. The number of carbonyl (C=O) groups excluding carboxylic acids is 1. The zero-order valence-corrected chi connectivity index (χ0v) is 9.66. The van der Waals surface area contributed by atoms with Gasteiger partial charge in [-0.3, -0.25) is 4.79 Å². The van der Waals surface area contributed by atoms with Crippen LogP contribution in [0.3, 0.4) is 0 Å². The van der Waals surface area contributed by atoms with Crippen LogP contribution >= 0.6 is 0 Å². The number of carboxylic acids is 1. The standard InChI is InChI=1S/C11H20N2O3/c1-2-9(10(14)15)7-13-11(16)12-6-5-8-3-4-8/h8-9H,2-7H2,1H3,(H,14,15)(H2,12,13,16). The average molecular weight is 228 g/mol. The van der Waals surface area contributed by atoms with E-state index in [4.69, 9.17) is 5.11 Å². The van der Waals surface area contributed by atoms with Gasteiger partial charge < -0.3 is 15.7 Å². The molecule has 1 fully saturated rings. The predicted octanol–water partition coefficient (Wildman–Crippen LogP) is 1.20. The Morgan fingerprint density at radius 2 is 2.06 bits per heavy atom. The molecule has 1 aliphatic rings. The van der Waals surface area contributed by atoms with Crippen LogP contribution < -0.4 is 10.6 Å². The summed E-state index contributed by atoms with van der Waals surface area (Å²) in [5.74, 6) is -0.558. The molecule has 92 valence electrons. The highest BCUT2D eigenvalue weighted by molar-refractivity contribution is 5.75. The Kier molecular flexibility index (Phi) is 5.08. The molecule has 5 nitrogen and oxygen atoms in total. The van der Waals surface area contributed by atoms with Crippen LogP contribution in [0, 0.1) is 11.8 Å². The minimum absolute atomic E-state index is 0.196. The van der Waals surface area contributed by atoms with Crippen molar-refractivity contribution in [2.24, 2.45) is 11.8 Å². The summed E-state index contributed by atoms with van der Waals surface area (Å²) in [5, 5.41) is 14.1. The summed E-state index contributed by atoms with van der Waals surface area (Å²) in [4.78, 5) is 22.0. The van der Waals surface area contributed by atoms with Gasteiger partial charge in [0, 0.05) is 13.1 Å². The molecule has 0 saturated heterocycles. The van der Waals surface area contributed by atoms with E-state index in [0.717, 1.165) is 12.3 Å². The normalized spacial score (nSPS) is 16.6. The number of hydrogen-bond acceptors (Lipinski definition) is 2. The summed E-state index contributed by atoms with van der Waals surface area (Å²) in [5.41, 5.74) is 0. The topological polar surface area (TPSA) is 78.4 Å². The molecule has 0 spiro atoms. The first-order valence-corrected chi connectivity index (χ1v) is 5.88.